The number of aliphatic hydroxyl groups is 1. The van der Waals surface area contributed by atoms with E-state index < -0.39 is 11.6 Å². The van der Waals surface area contributed by atoms with Gasteiger partial charge in [0.05, 0.1) is 12.2 Å². The van der Waals surface area contributed by atoms with Gasteiger partial charge in [-0.15, -0.1) is 0 Å². The number of aliphatic hydroxyl groups excluding tert-OH is 1. The third-order valence-electron chi connectivity index (χ3n) is 2.36. The van der Waals surface area contributed by atoms with Gasteiger partial charge >= 0.3 is 0 Å². The second kappa shape index (κ2) is 3.30. The van der Waals surface area contributed by atoms with Crippen LogP contribution >= 0.6 is 0 Å². The van der Waals surface area contributed by atoms with Crippen LogP contribution in [0.2, 0.25) is 0 Å². The molecule has 3 N–H and O–H groups in total. The van der Waals surface area contributed by atoms with Crippen molar-refractivity contribution in [2.75, 3.05) is 7.11 Å². The summed E-state index contributed by atoms with van der Waals surface area (Å²) in [6, 6.07) is 0. The van der Waals surface area contributed by atoms with E-state index in [4.69, 9.17) is 15.2 Å². The van der Waals surface area contributed by atoms with Crippen LogP contribution in [-0.2, 0) is 9.47 Å². The van der Waals surface area contributed by atoms with Gasteiger partial charge in [-0.3, -0.25) is 0 Å². The fraction of sp³-hybridized carbons (Fsp3) is 1.00. The van der Waals surface area contributed by atoms with Crippen molar-refractivity contribution in [1.29, 1.82) is 0 Å². The average Bonchev–Trinajstić information content (AvgIpc) is 1.99. The van der Waals surface area contributed by atoms with Crippen molar-refractivity contribution >= 4 is 0 Å². The standard InChI is InChI=1S/C8H17NO3/c1-5-7(10)8(2,9)4-6(11-3)12-5/h5-7,10H,4,9H2,1-3H3/t5-,6+,7-,8+/m1/s1. The Labute approximate surface area is 72.6 Å². The highest BCUT2D eigenvalue weighted by molar-refractivity contribution is 4.94. The molecule has 0 aliphatic carbocycles. The molecule has 0 aromatic carbocycles. The summed E-state index contributed by atoms with van der Waals surface area (Å²) < 4.78 is 10.4. The normalized spacial score (nSPS) is 49.2. The first-order valence-electron chi connectivity index (χ1n) is 4.12. The molecule has 4 atom stereocenters. The van der Waals surface area contributed by atoms with Gasteiger partial charge in [0.2, 0.25) is 0 Å². The lowest BCUT2D eigenvalue weighted by molar-refractivity contribution is -0.226. The van der Waals surface area contributed by atoms with Gasteiger partial charge in [-0.25, -0.2) is 0 Å². The maximum atomic E-state index is 9.61. The van der Waals surface area contributed by atoms with E-state index in [1.165, 1.54) is 0 Å². The molecule has 0 radical (unpaired) electrons. The first-order chi connectivity index (χ1) is 5.47. The summed E-state index contributed by atoms with van der Waals surface area (Å²) in [5, 5.41) is 9.61. The van der Waals surface area contributed by atoms with Crippen LogP contribution < -0.4 is 5.73 Å². The molecule has 0 unspecified atom stereocenters. The Hall–Kier alpha value is -0.160. The molecular weight excluding hydrogens is 158 g/mol. The lowest BCUT2D eigenvalue weighted by Gasteiger charge is -2.42. The number of hydrogen-bond donors (Lipinski definition) is 2. The fourth-order valence-corrected chi connectivity index (χ4v) is 1.52. The van der Waals surface area contributed by atoms with Crippen LogP contribution in [0.4, 0.5) is 0 Å². The van der Waals surface area contributed by atoms with Gasteiger partial charge in [0, 0.05) is 19.1 Å². The number of rotatable bonds is 1. The zero-order valence-corrected chi connectivity index (χ0v) is 7.78. The summed E-state index contributed by atoms with van der Waals surface area (Å²) in [6.07, 6.45) is -0.657. The Morgan fingerprint density at radius 3 is 2.67 bits per heavy atom. The molecule has 1 heterocycles. The largest absolute Gasteiger partial charge is 0.389 e. The summed E-state index contributed by atoms with van der Waals surface area (Å²) >= 11 is 0. The molecule has 4 nitrogen and oxygen atoms in total. The zero-order valence-electron chi connectivity index (χ0n) is 7.78. The molecule has 12 heavy (non-hydrogen) atoms. The lowest BCUT2D eigenvalue weighted by atomic mass is 9.86. The van der Waals surface area contributed by atoms with Crippen molar-refractivity contribution in [3.8, 4) is 0 Å². The van der Waals surface area contributed by atoms with Gasteiger partial charge in [0.1, 0.15) is 0 Å². The van der Waals surface area contributed by atoms with Crippen LogP contribution in [-0.4, -0.2) is 36.3 Å². The molecule has 0 bridgehead atoms. The molecule has 1 aliphatic rings. The fourth-order valence-electron chi connectivity index (χ4n) is 1.52. The minimum absolute atomic E-state index is 0.265. The van der Waals surface area contributed by atoms with Gasteiger partial charge in [-0.1, -0.05) is 0 Å². The molecule has 1 aliphatic heterocycles. The highest BCUT2D eigenvalue weighted by Crippen LogP contribution is 2.26. The predicted molar refractivity (Wildman–Crippen MR) is 44.6 cm³/mol. The molecule has 1 rings (SSSR count). The predicted octanol–water partition coefficient (Wildman–Crippen LogP) is -0.154. The molecule has 1 saturated heterocycles. The Kier molecular flexibility index (Phi) is 2.73. The average molecular weight is 175 g/mol. The van der Waals surface area contributed by atoms with Crippen molar-refractivity contribution in [3.63, 3.8) is 0 Å². The van der Waals surface area contributed by atoms with Gasteiger partial charge in [0.25, 0.3) is 0 Å². The first-order valence-corrected chi connectivity index (χ1v) is 4.12. The summed E-state index contributed by atoms with van der Waals surface area (Å²) in [4.78, 5) is 0. The highest BCUT2D eigenvalue weighted by atomic mass is 16.7. The van der Waals surface area contributed by atoms with E-state index in [1.807, 2.05) is 6.92 Å². The first kappa shape index (κ1) is 9.92. The van der Waals surface area contributed by atoms with Crippen molar-refractivity contribution in [3.05, 3.63) is 0 Å². The van der Waals surface area contributed by atoms with Crippen molar-refractivity contribution in [2.45, 2.75) is 44.3 Å². The van der Waals surface area contributed by atoms with Gasteiger partial charge in [0.15, 0.2) is 6.29 Å². The lowest BCUT2D eigenvalue weighted by Crippen LogP contribution is -2.60. The molecule has 1 fully saturated rings. The van der Waals surface area contributed by atoms with Gasteiger partial charge < -0.3 is 20.3 Å². The highest BCUT2D eigenvalue weighted by Gasteiger charge is 2.41. The van der Waals surface area contributed by atoms with E-state index in [0.717, 1.165) is 0 Å². The smallest absolute Gasteiger partial charge is 0.159 e. The Morgan fingerprint density at radius 1 is 1.67 bits per heavy atom. The Bertz CT molecular complexity index is 160. The second-order valence-electron chi connectivity index (χ2n) is 3.66. The number of methoxy groups -OCH3 is 1. The minimum atomic E-state index is -0.621. The van der Waals surface area contributed by atoms with Crippen LogP contribution in [0.5, 0.6) is 0 Å². The molecular formula is C8H17NO3. The summed E-state index contributed by atoms with van der Waals surface area (Å²) in [5.74, 6) is 0. The van der Waals surface area contributed by atoms with Crippen molar-refractivity contribution in [2.24, 2.45) is 5.73 Å². The molecule has 0 amide bonds. The minimum Gasteiger partial charge on any atom is -0.389 e. The third kappa shape index (κ3) is 1.77. The van der Waals surface area contributed by atoms with Crippen molar-refractivity contribution < 1.29 is 14.6 Å². The van der Waals surface area contributed by atoms with Crippen LogP contribution in [0, 0.1) is 0 Å². The summed E-state index contributed by atoms with van der Waals surface area (Å²) in [5.41, 5.74) is 5.25. The van der Waals surface area contributed by atoms with Gasteiger partial charge in [-0.05, 0) is 13.8 Å². The Morgan fingerprint density at radius 2 is 2.25 bits per heavy atom. The molecule has 0 spiro atoms. The Balaban J connectivity index is 2.65. The second-order valence-corrected chi connectivity index (χ2v) is 3.66. The molecule has 0 aromatic heterocycles. The zero-order chi connectivity index (χ0) is 9.35. The van der Waals surface area contributed by atoms with E-state index in [9.17, 15) is 5.11 Å². The summed E-state index contributed by atoms with van der Waals surface area (Å²) in [7, 11) is 1.57. The van der Waals surface area contributed by atoms with Crippen LogP contribution in [0.15, 0.2) is 0 Å². The van der Waals surface area contributed by atoms with Crippen LogP contribution in [0.3, 0.4) is 0 Å². The van der Waals surface area contributed by atoms with E-state index >= 15 is 0 Å². The quantitative estimate of drug-likeness (QED) is 0.581. The van der Waals surface area contributed by atoms with Gasteiger partial charge in [-0.2, -0.15) is 0 Å². The number of hydrogen-bond acceptors (Lipinski definition) is 4. The van der Waals surface area contributed by atoms with Crippen LogP contribution in [0.25, 0.3) is 0 Å². The molecule has 0 aromatic rings. The molecule has 4 heteroatoms. The summed E-state index contributed by atoms with van der Waals surface area (Å²) in [6.45, 7) is 3.60. The number of ether oxygens (including phenoxy) is 2. The number of nitrogens with two attached hydrogens (primary N) is 1. The van der Waals surface area contributed by atoms with E-state index in [-0.39, 0.29) is 12.4 Å². The van der Waals surface area contributed by atoms with E-state index in [1.54, 1.807) is 14.0 Å². The maximum Gasteiger partial charge on any atom is 0.159 e. The molecule has 72 valence electrons. The van der Waals surface area contributed by atoms with E-state index in [2.05, 4.69) is 0 Å². The monoisotopic (exact) mass is 175 g/mol. The molecule has 0 saturated carbocycles. The van der Waals surface area contributed by atoms with Crippen molar-refractivity contribution in [1.82, 2.24) is 0 Å². The van der Waals surface area contributed by atoms with E-state index in [0.29, 0.717) is 6.42 Å². The third-order valence-corrected chi connectivity index (χ3v) is 2.36. The maximum absolute atomic E-state index is 9.61. The SMILES string of the molecule is CO[C@@H]1C[C@](C)(N)[C@H](O)[C@@H](C)O1. The topological polar surface area (TPSA) is 64.7 Å². The van der Waals surface area contributed by atoms with Crippen LogP contribution in [0.1, 0.15) is 20.3 Å².